The van der Waals surface area contributed by atoms with E-state index in [1.807, 2.05) is 4.90 Å². The Bertz CT molecular complexity index is 1110. The monoisotopic (exact) mass is 462 g/mol. The molecule has 2 fully saturated rings. The summed E-state index contributed by atoms with van der Waals surface area (Å²) in [4.78, 5) is 26.1. The van der Waals surface area contributed by atoms with Gasteiger partial charge in [-0.1, -0.05) is 6.07 Å². The lowest BCUT2D eigenvalue weighted by Crippen LogP contribution is -2.48. The number of sulfonamides is 1. The smallest absolute Gasteiger partial charge is 0.347 e. The van der Waals surface area contributed by atoms with Gasteiger partial charge in [-0.15, -0.1) is 0 Å². The number of carbonyl (C=O) groups excluding carboxylic acids is 2. The van der Waals surface area contributed by atoms with Crippen LogP contribution < -0.4 is 4.90 Å². The lowest BCUT2D eigenvalue weighted by Gasteiger charge is -2.35. The third kappa shape index (κ3) is 4.61. The molecule has 10 heteroatoms. The molecule has 0 aliphatic carbocycles. The summed E-state index contributed by atoms with van der Waals surface area (Å²) in [5.41, 5.74) is 0.872. The number of carbonyl (C=O) groups is 2. The van der Waals surface area contributed by atoms with Crippen molar-refractivity contribution in [2.24, 2.45) is 0 Å². The second kappa shape index (κ2) is 8.87. The quantitative estimate of drug-likeness (QED) is 0.629. The lowest BCUT2D eigenvalue weighted by molar-refractivity contribution is -0.147. The molecule has 2 saturated heterocycles. The zero-order valence-electron chi connectivity index (χ0n) is 17.4. The zero-order chi connectivity index (χ0) is 22.9. The average molecular weight is 462 g/mol. The maximum Gasteiger partial charge on any atom is 0.347 e. The van der Waals surface area contributed by atoms with Gasteiger partial charge in [0.2, 0.25) is 16.1 Å². The molecule has 2 atom stereocenters. The van der Waals surface area contributed by atoms with E-state index in [1.165, 1.54) is 40.7 Å². The molecule has 8 nitrogen and oxygen atoms in total. The van der Waals surface area contributed by atoms with Crippen LogP contribution in [0.4, 0.5) is 10.1 Å². The SMILES string of the molecule is C[C@@H]1C[C@@H](OC(=O)c2cccc(S(=O)(=O)N3CCN(c4ccc(F)cc4)CC3)c2)C(=O)O1. The minimum Gasteiger partial charge on any atom is -0.460 e. The Labute approximate surface area is 185 Å². The fourth-order valence-electron chi connectivity index (χ4n) is 3.78. The molecule has 0 spiro atoms. The normalized spacial score (nSPS) is 21.9. The highest BCUT2D eigenvalue weighted by Crippen LogP contribution is 2.23. The molecule has 2 aromatic carbocycles. The first-order chi connectivity index (χ1) is 15.2. The molecular formula is C22H23FN2O6S. The third-order valence-corrected chi connectivity index (χ3v) is 7.41. The number of nitrogens with zero attached hydrogens (tertiary/aromatic N) is 2. The molecular weight excluding hydrogens is 439 g/mol. The second-order valence-electron chi connectivity index (χ2n) is 7.77. The first kappa shape index (κ1) is 22.2. The first-order valence-corrected chi connectivity index (χ1v) is 11.7. The molecule has 0 radical (unpaired) electrons. The van der Waals surface area contributed by atoms with Gasteiger partial charge >= 0.3 is 11.9 Å². The van der Waals surface area contributed by atoms with Gasteiger partial charge in [0.1, 0.15) is 11.9 Å². The van der Waals surface area contributed by atoms with Crippen LogP contribution in [0.15, 0.2) is 53.4 Å². The minimum absolute atomic E-state index is 0.0236. The fourth-order valence-corrected chi connectivity index (χ4v) is 5.25. The van der Waals surface area contributed by atoms with E-state index in [0.29, 0.717) is 13.1 Å². The molecule has 0 bridgehead atoms. The van der Waals surface area contributed by atoms with Crippen LogP contribution in [-0.2, 0) is 24.3 Å². The third-order valence-electron chi connectivity index (χ3n) is 5.51. The maximum atomic E-state index is 13.1. The number of cyclic esters (lactones) is 1. The van der Waals surface area contributed by atoms with E-state index in [-0.39, 0.29) is 41.9 Å². The van der Waals surface area contributed by atoms with Gasteiger partial charge in [0.05, 0.1) is 10.5 Å². The number of halogens is 1. The van der Waals surface area contributed by atoms with Crippen LogP contribution >= 0.6 is 0 Å². The van der Waals surface area contributed by atoms with E-state index in [4.69, 9.17) is 9.47 Å². The Hall–Kier alpha value is -2.98. The molecule has 2 aliphatic heterocycles. The van der Waals surface area contributed by atoms with Gasteiger partial charge in [0.15, 0.2) is 0 Å². The highest BCUT2D eigenvalue weighted by Gasteiger charge is 2.35. The fraction of sp³-hybridized carbons (Fsp3) is 0.364. The number of rotatable bonds is 5. The van der Waals surface area contributed by atoms with Crippen molar-refractivity contribution in [1.29, 1.82) is 0 Å². The van der Waals surface area contributed by atoms with Crippen LogP contribution in [0.25, 0.3) is 0 Å². The van der Waals surface area contributed by atoms with Crippen LogP contribution in [0.5, 0.6) is 0 Å². The van der Waals surface area contributed by atoms with Gasteiger partial charge in [-0.2, -0.15) is 4.31 Å². The number of benzene rings is 2. The van der Waals surface area contributed by atoms with Crippen LogP contribution in [-0.4, -0.2) is 63.0 Å². The molecule has 0 N–H and O–H groups in total. The van der Waals surface area contributed by atoms with Crippen molar-refractivity contribution < 1.29 is 31.9 Å². The van der Waals surface area contributed by atoms with Gasteiger partial charge in [0, 0.05) is 38.3 Å². The molecule has 170 valence electrons. The Balaban J connectivity index is 1.43. The summed E-state index contributed by atoms with van der Waals surface area (Å²) in [6, 6.07) is 11.7. The zero-order valence-corrected chi connectivity index (χ0v) is 18.3. The standard InChI is InChI=1S/C22H23FN2O6S/c1-15-13-20(22(27)30-15)31-21(26)16-3-2-4-19(14-16)32(28,29)25-11-9-24(10-12-25)18-7-5-17(23)6-8-18/h2-8,14-15,20H,9-13H2,1H3/t15-,20-/m1/s1. The van der Waals surface area contributed by atoms with E-state index in [2.05, 4.69) is 0 Å². The molecule has 0 aromatic heterocycles. The van der Waals surface area contributed by atoms with Gasteiger partial charge in [0.25, 0.3) is 0 Å². The summed E-state index contributed by atoms with van der Waals surface area (Å²) in [7, 11) is -3.83. The Morgan fingerprint density at radius 3 is 2.41 bits per heavy atom. The first-order valence-electron chi connectivity index (χ1n) is 10.3. The van der Waals surface area contributed by atoms with Crippen molar-refractivity contribution in [2.75, 3.05) is 31.1 Å². The van der Waals surface area contributed by atoms with Gasteiger partial charge in [-0.25, -0.2) is 22.4 Å². The topological polar surface area (TPSA) is 93.2 Å². The van der Waals surface area contributed by atoms with E-state index < -0.39 is 28.1 Å². The Morgan fingerprint density at radius 2 is 1.78 bits per heavy atom. The van der Waals surface area contributed by atoms with Crippen LogP contribution in [0.3, 0.4) is 0 Å². The van der Waals surface area contributed by atoms with Gasteiger partial charge in [-0.05, 0) is 49.4 Å². The van der Waals surface area contributed by atoms with E-state index in [1.54, 1.807) is 19.1 Å². The number of piperazine rings is 1. The van der Waals surface area contributed by atoms with Gasteiger partial charge in [-0.3, -0.25) is 0 Å². The summed E-state index contributed by atoms with van der Waals surface area (Å²) >= 11 is 0. The Morgan fingerprint density at radius 1 is 1.09 bits per heavy atom. The summed E-state index contributed by atoms with van der Waals surface area (Å²) in [5.74, 6) is -1.71. The highest BCUT2D eigenvalue weighted by atomic mass is 32.2. The molecule has 32 heavy (non-hydrogen) atoms. The molecule has 2 aliphatic rings. The number of hydrogen-bond acceptors (Lipinski definition) is 7. The van der Waals surface area contributed by atoms with Crippen LogP contribution in [0, 0.1) is 5.82 Å². The number of esters is 2. The minimum atomic E-state index is -3.83. The molecule has 2 aromatic rings. The molecule has 0 saturated carbocycles. The van der Waals surface area contributed by atoms with E-state index in [0.717, 1.165) is 5.69 Å². The largest absolute Gasteiger partial charge is 0.460 e. The molecule has 2 heterocycles. The van der Waals surface area contributed by atoms with Crippen molar-refractivity contribution in [3.8, 4) is 0 Å². The Kier molecular flexibility index (Phi) is 6.16. The maximum absolute atomic E-state index is 13.1. The highest BCUT2D eigenvalue weighted by molar-refractivity contribution is 7.89. The molecule has 4 rings (SSSR count). The number of ether oxygens (including phenoxy) is 2. The van der Waals surface area contributed by atoms with E-state index >= 15 is 0 Å². The van der Waals surface area contributed by atoms with Crippen molar-refractivity contribution in [3.05, 3.63) is 59.9 Å². The number of anilines is 1. The second-order valence-corrected chi connectivity index (χ2v) is 9.71. The van der Waals surface area contributed by atoms with Crippen molar-refractivity contribution in [3.63, 3.8) is 0 Å². The van der Waals surface area contributed by atoms with Crippen molar-refractivity contribution in [2.45, 2.75) is 30.4 Å². The number of hydrogen-bond donors (Lipinski definition) is 0. The summed E-state index contributed by atoms with van der Waals surface area (Å²) < 4.78 is 50.9. The van der Waals surface area contributed by atoms with Crippen LogP contribution in [0.2, 0.25) is 0 Å². The predicted molar refractivity (Wildman–Crippen MR) is 113 cm³/mol. The van der Waals surface area contributed by atoms with E-state index in [9.17, 15) is 22.4 Å². The van der Waals surface area contributed by atoms with Crippen molar-refractivity contribution in [1.82, 2.24) is 4.31 Å². The summed E-state index contributed by atoms with van der Waals surface area (Å²) in [6.07, 6.45) is -1.06. The average Bonchev–Trinajstić information content (AvgIpc) is 3.11. The predicted octanol–water partition coefficient (Wildman–Crippen LogP) is 2.20. The van der Waals surface area contributed by atoms with Crippen LogP contribution in [0.1, 0.15) is 23.7 Å². The van der Waals surface area contributed by atoms with Crippen molar-refractivity contribution >= 4 is 27.6 Å². The lowest BCUT2D eigenvalue weighted by atomic mass is 10.2. The summed E-state index contributed by atoms with van der Waals surface area (Å²) in [5, 5.41) is 0. The van der Waals surface area contributed by atoms with Gasteiger partial charge < -0.3 is 14.4 Å². The molecule has 0 amide bonds. The molecule has 0 unspecified atom stereocenters. The summed E-state index contributed by atoms with van der Waals surface area (Å²) in [6.45, 7) is 3.11.